The van der Waals surface area contributed by atoms with Crippen molar-refractivity contribution in [2.24, 2.45) is 0 Å². The van der Waals surface area contributed by atoms with Gasteiger partial charge in [-0.05, 0) is 31.5 Å². The summed E-state index contributed by atoms with van der Waals surface area (Å²) in [6.07, 6.45) is 0. The SMILES string of the molecule is Cc1cccc(N2CCN(S(=O)(=O)CC(=O)N3CCNC[C@H]3C)CC2)c1. The van der Waals surface area contributed by atoms with E-state index in [2.05, 4.69) is 16.3 Å². The lowest BCUT2D eigenvalue weighted by Crippen LogP contribution is -2.55. The van der Waals surface area contributed by atoms with Crippen LogP contribution in [0.5, 0.6) is 0 Å². The average molecular weight is 381 g/mol. The molecule has 1 aromatic carbocycles. The summed E-state index contributed by atoms with van der Waals surface area (Å²) in [5.74, 6) is -0.720. The van der Waals surface area contributed by atoms with E-state index in [1.165, 1.54) is 9.87 Å². The minimum Gasteiger partial charge on any atom is -0.369 e. The predicted molar refractivity (Wildman–Crippen MR) is 103 cm³/mol. The lowest BCUT2D eigenvalue weighted by atomic mass is 10.2. The van der Waals surface area contributed by atoms with Crippen LogP contribution >= 0.6 is 0 Å². The number of carbonyl (C=O) groups excluding carboxylic acids is 1. The molecule has 1 N–H and O–H groups in total. The summed E-state index contributed by atoms with van der Waals surface area (Å²) in [7, 11) is -3.57. The molecule has 144 valence electrons. The van der Waals surface area contributed by atoms with E-state index < -0.39 is 15.8 Å². The molecule has 2 aliphatic heterocycles. The zero-order chi connectivity index (χ0) is 18.7. The maximum absolute atomic E-state index is 12.7. The molecule has 0 bridgehead atoms. The fourth-order valence-electron chi connectivity index (χ4n) is 3.59. The van der Waals surface area contributed by atoms with Crippen LogP contribution in [0.15, 0.2) is 24.3 Å². The Balaban J connectivity index is 1.58. The van der Waals surface area contributed by atoms with E-state index >= 15 is 0 Å². The number of aryl methyl sites for hydroxylation is 1. The van der Waals surface area contributed by atoms with Crippen LogP contribution in [0, 0.1) is 6.92 Å². The highest BCUT2D eigenvalue weighted by atomic mass is 32.2. The second-order valence-corrected chi connectivity index (χ2v) is 9.09. The number of sulfonamides is 1. The van der Waals surface area contributed by atoms with E-state index in [1.807, 2.05) is 32.0 Å². The van der Waals surface area contributed by atoms with Crippen molar-refractivity contribution in [3.05, 3.63) is 29.8 Å². The van der Waals surface area contributed by atoms with Crippen LogP contribution in [0.1, 0.15) is 12.5 Å². The molecule has 1 atom stereocenters. The predicted octanol–water partition coefficient (Wildman–Crippen LogP) is 0.267. The van der Waals surface area contributed by atoms with Crippen molar-refractivity contribution in [3.63, 3.8) is 0 Å². The van der Waals surface area contributed by atoms with Gasteiger partial charge in [-0.2, -0.15) is 4.31 Å². The fourth-order valence-corrected chi connectivity index (χ4v) is 4.97. The van der Waals surface area contributed by atoms with Gasteiger partial charge in [0.2, 0.25) is 15.9 Å². The van der Waals surface area contributed by atoms with Crippen molar-refractivity contribution in [2.45, 2.75) is 19.9 Å². The monoisotopic (exact) mass is 380 g/mol. The number of nitrogens with one attached hydrogen (secondary N) is 1. The Morgan fingerprint density at radius 2 is 1.92 bits per heavy atom. The summed E-state index contributed by atoms with van der Waals surface area (Å²) in [6, 6.07) is 8.25. The Morgan fingerprint density at radius 3 is 2.58 bits per heavy atom. The lowest BCUT2D eigenvalue weighted by Gasteiger charge is -2.37. The number of amides is 1. The molecule has 7 nitrogen and oxygen atoms in total. The number of hydrogen-bond donors (Lipinski definition) is 1. The summed E-state index contributed by atoms with van der Waals surface area (Å²) < 4.78 is 26.8. The fraction of sp³-hybridized carbons (Fsp3) is 0.611. The van der Waals surface area contributed by atoms with E-state index in [0.717, 1.165) is 5.69 Å². The maximum atomic E-state index is 12.7. The number of rotatable bonds is 4. The lowest BCUT2D eigenvalue weighted by molar-refractivity contribution is -0.131. The van der Waals surface area contributed by atoms with Crippen LogP contribution in [0.4, 0.5) is 5.69 Å². The van der Waals surface area contributed by atoms with Crippen LogP contribution in [-0.2, 0) is 14.8 Å². The third-order valence-corrected chi connectivity index (χ3v) is 6.89. The molecule has 1 amide bonds. The largest absolute Gasteiger partial charge is 0.369 e. The molecule has 0 aliphatic carbocycles. The highest BCUT2D eigenvalue weighted by Crippen LogP contribution is 2.19. The van der Waals surface area contributed by atoms with E-state index in [4.69, 9.17) is 0 Å². The van der Waals surface area contributed by atoms with Crippen molar-refractivity contribution in [1.82, 2.24) is 14.5 Å². The first-order chi connectivity index (χ1) is 12.4. The van der Waals surface area contributed by atoms with Gasteiger partial charge in [-0.3, -0.25) is 4.79 Å². The first kappa shape index (κ1) is 19.1. The van der Waals surface area contributed by atoms with Crippen molar-refractivity contribution >= 4 is 21.6 Å². The number of hydrogen-bond acceptors (Lipinski definition) is 5. The smallest absolute Gasteiger partial charge is 0.239 e. The minimum absolute atomic E-state index is 0.0321. The zero-order valence-electron chi connectivity index (χ0n) is 15.5. The van der Waals surface area contributed by atoms with Gasteiger partial charge in [0, 0.05) is 57.5 Å². The van der Waals surface area contributed by atoms with Crippen molar-refractivity contribution in [2.75, 3.05) is 56.5 Å². The molecule has 0 radical (unpaired) electrons. The topological polar surface area (TPSA) is 73.0 Å². The standard InChI is InChI=1S/C18H28N4O3S/c1-15-4-3-5-17(12-15)20-8-10-21(11-9-20)26(24,25)14-18(23)22-7-6-19-13-16(22)2/h3-5,12,16,19H,6-11,13-14H2,1-2H3/t16-/m1/s1. The Labute approximate surface area is 156 Å². The molecule has 8 heteroatoms. The highest BCUT2D eigenvalue weighted by Gasteiger charge is 2.32. The Hall–Kier alpha value is -1.64. The van der Waals surface area contributed by atoms with E-state index in [0.29, 0.717) is 45.8 Å². The molecule has 0 unspecified atom stereocenters. The van der Waals surface area contributed by atoms with Crippen molar-refractivity contribution in [3.8, 4) is 0 Å². The summed E-state index contributed by atoms with van der Waals surface area (Å²) in [4.78, 5) is 16.3. The molecule has 0 spiro atoms. The Bertz CT molecular complexity index is 745. The van der Waals surface area contributed by atoms with Crippen LogP contribution in [0.25, 0.3) is 0 Å². The maximum Gasteiger partial charge on any atom is 0.239 e. The van der Waals surface area contributed by atoms with Crippen molar-refractivity contribution in [1.29, 1.82) is 0 Å². The second kappa shape index (κ2) is 7.94. The molecule has 0 saturated carbocycles. The number of piperazine rings is 2. The molecule has 2 fully saturated rings. The Morgan fingerprint density at radius 1 is 1.19 bits per heavy atom. The molecule has 2 aliphatic rings. The molecule has 1 aromatic rings. The van der Waals surface area contributed by atoms with Gasteiger partial charge < -0.3 is 15.1 Å². The molecule has 2 saturated heterocycles. The van der Waals surface area contributed by atoms with Crippen LogP contribution < -0.4 is 10.2 Å². The number of carbonyl (C=O) groups is 1. The summed E-state index contributed by atoms with van der Waals surface area (Å²) in [5, 5.41) is 3.21. The molecule has 3 rings (SSSR count). The number of anilines is 1. The van der Waals surface area contributed by atoms with E-state index in [-0.39, 0.29) is 11.9 Å². The van der Waals surface area contributed by atoms with Gasteiger partial charge >= 0.3 is 0 Å². The average Bonchev–Trinajstić information content (AvgIpc) is 2.62. The summed E-state index contributed by atoms with van der Waals surface area (Å²) in [5.41, 5.74) is 2.31. The van der Waals surface area contributed by atoms with Gasteiger partial charge in [-0.1, -0.05) is 12.1 Å². The normalized spacial score (nSPS) is 22.5. The van der Waals surface area contributed by atoms with E-state index in [1.54, 1.807) is 4.90 Å². The van der Waals surface area contributed by atoms with Gasteiger partial charge in [-0.15, -0.1) is 0 Å². The summed E-state index contributed by atoms with van der Waals surface area (Å²) in [6.45, 7) is 8.09. The molecular weight excluding hydrogens is 352 g/mol. The number of nitrogens with zero attached hydrogens (tertiary/aromatic N) is 3. The molecule has 26 heavy (non-hydrogen) atoms. The van der Waals surface area contributed by atoms with Crippen LogP contribution in [-0.4, -0.2) is 81.1 Å². The van der Waals surface area contributed by atoms with Gasteiger partial charge in [0.15, 0.2) is 0 Å². The van der Waals surface area contributed by atoms with Gasteiger partial charge in [0.1, 0.15) is 5.75 Å². The minimum atomic E-state index is -3.57. The zero-order valence-corrected chi connectivity index (χ0v) is 16.3. The van der Waals surface area contributed by atoms with Crippen LogP contribution in [0.2, 0.25) is 0 Å². The molecule has 2 heterocycles. The third-order valence-electron chi connectivity index (χ3n) is 5.13. The molecule has 0 aromatic heterocycles. The number of benzene rings is 1. The quantitative estimate of drug-likeness (QED) is 0.812. The van der Waals surface area contributed by atoms with Gasteiger partial charge in [0.25, 0.3) is 0 Å². The van der Waals surface area contributed by atoms with Crippen LogP contribution in [0.3, 0.4) is 0 Å². The van der Waals surface area contributed by atoms with Crippen molar-refractivity contribution < 1.29 is 13.2 Å². The Kier molecular flexibility index (Phi) is 5.84. The first-order valence-electron chi connectivity index (χ1n) is 9.16. The highest BCUT2D eigenvalue weighted by molar-refractivity contribution is 7.89. The molecular formula is C18H28N4O3S. The van der Waals surface area contributed by atoms with Gasteiger partial charge in [-0.25, -0.2) is 8.42 Å². The summed E-state index contributed by atoms with van der Waals surface area (Å²) >= 11 is 0. The second-order valence-electron chi connectivity index (χ2n) is 7.12. The first-order valence-corrected chi connectivity index (χ1v) is 10.8. The van der Waals surface area contributed by atoms with E-state index in [9.17, 15) is 13.2 Å². The van der Waals surface area contributed by atoms with Gasteiger partial charge in [0.05, 0.1) is 0 Å². The third kappa shape index (κ3) is 4.36.